The van der Waals surface area contributed by atoms with Crippen molar-refractivity contribution in [3.8, 4) is 5.75 Å². The van der Waals surface area contributed by atoms with Crippen molar-refractivity contribution in [1.29, 1.82) is 0 Å². The number of para-hydroxylation sites is 1. The van der Waals surface area contributed by atoms with E-state index in [9.17, 15) is 14.7 Å². The fraction of sp³-hybridized carbons (Fsp3) is 0.273. The molecule has 0 atom stereocenters. The third-order valence-electron chi connectivity index (χ3n) is 1.97. The van der Waals surface area contributed by atoms with Gasteiger partial charge in [0.1, 0.15) is 5.75 Å². The molecule has 1 rings (SSSR count). The molecule has 1 N–H and O–H groups in total. The molecule has 0 amide bonds. The SMILES string of the molecule is CCCC(=O)c1cccc(C=O)c1O. The lowest BCUT2D eigenvalue weighted by Gasteiger charge is -2.03. The van der Waals surface area contributed by atoms with Crippen LogP contribution in [0.25, 0.3) is 0 Å². The molecule has 1 aromatic carbocycles. The Kier molecular flexibility index (Phi) is 3.40. The van der Waals surface area contributed by atoms with Gasteiger partial charge in [0, 0.05) is 6.42 Å². The Bertz CT molecular complexity index is 356. The van der Waals surface area contributed by atoms with Gasteiger partial charge in [-0.05, 0) is 18.6 Å². The zero-order valence-electron chi connectivity index (χ0n) is 7.99. The van der Waals surface area contributed by atoms with Gasteiger partial charge in [-0.1, -0.05) is 13.0 Å². The lowest BCUT2D eigenvalue weighted by molar-refractivity contribution is 0.0979. The first-order valence-electron chi connectivity index (χ1n) is 4.51. The van der Waals surface area contributed by atoms with Crippen LogP contribution in [-0.4, -0.2) is 17.2 Å². The van der Waals surface area contributed by atoms with Gasteiger partial charge in [-0.2, -0.15) is 0 Å². The van der Waals surface area contributed by atoms with E-state index in [0.29, 0.717) is 12.7 Å². The topological polar surface area (TPSA) is 54.4 Å². The fourth-order valence-electron chi connectivity index (χ4n) is 1.24. The highest BCUT2D eigenvalue weighted by Crippen LogP contribution is 2.22. The van der Waals surface area contributed by atoms with E-state index in [1.807, 2.05) is 6.92 Å². The predicted octanol–water partition coefficient (Wildman–Crippen LogP) is 2.19. The third kappa shape index (κ3) is 1.99. The van der Waals surface area contributed by atoms with E-state index in [4.69, 9.17) is 0 Å². The van der Waals surface area contributed by atoms with E-state index in [-0.39, 0.29) is 22.7 Å². The van der Waals surface area contributed by atoms with Gasteiger partial charge >= 0.3 is 0 Å². The smallest absolute Gasteiger partial charge is 0.166 e. The number of Topliss-reactive ketones (excluding diaryl/α,β-unsaturated/α-hetero) is 1. The van der Waals surface area contributed by atoms with Crippen molar-refractivity contribution in [1.82, 2.24) is 0 Å². The Balaban J connectivity index is 3.09. The minimum atomic E-state index is -0.207. The predicted molar refractivity (Wildman–Crippen MR) is 52.7 cm³/mol. The molecular weight excluding hydrogens is 180 g/mol. The van der Waals surface area contributed by atoms with E-state index in [2.05, 4.69) is 0 Å². The van der Waals surface area contributed by atoms with Crippen LogP contribution < -0.4 is 0 Å². The Hall–Kier alpha value is -1.64. The van der Waals surface area contributed by atoms with Crippen LogP contribution in [-0.2, 0) is 0 Å². The van der Waals surface area contributed by atoms with E-state index in [1.165, 1.54) is 12.1 Å². The third-order valence-corrected chi connectivity index (χ3v) is 1.97. The van der Waals surface area contributed by atoms with Crippen molar-refractivity contribution in [2.75, 3.05) is 0 Å². The molecule has 0 aromatic heterocycles. The summed E-state index contributed by atoms with van der Waals surface area (Å²) in [4.78, 5) is 21.9. The molecular formula is C11H12O3. The Morgan fingerprint density at radius 1 is 1.50 bits per heavy atom. The maximum Gasteiger partial charge on any atom is 0.166 e. The number of benzene rings is 1. The molecule has 0 aliphatic carbocycles. The summed E-state index contributed by atoms with van der Waals surface area (Å²) < 4.78 is 0. The van der Waals surface area contributed by atoms with E-state index < -0.39 is 0 Å². The number of hydrogen-bond donors (Lipinski definition) is 1. The second-order valence-electron chi connectivity index (χ2n) is 3.03. The summed E-state index contributed by atoms with van der Waals surface area (Å²) in [5, 5.41) is 9.53. The van der Waals surface area contributed by atoms with E-state index in [0.717, 1.165) is 6.42 Å². The molecule has 0 radical (unpaired) electrons. The van der Waals surface area contributed by atoms with Crippen LogP contribution in [0.1, 0.15) is 40.5 Å². The first-order valence-corrected chi connectivity index (χ1v) is 4.51. The average molecular weight is 192 g/mol. The number of phenols is 1. The molecule has 0 spiro atoms. The molecule has 74 valence electrons. The molecule has 0 fully saturated rings. The number of aromatic hydroxyl groups is 1. The number of carbonyl (C=O) groups excluding carboxylic acids is 2. The minimum absolute atomic E-state index is 0.131. The van der Waals surface area contributed by atoms with Gasteiger partial charge in [-0.3, -0.25) is 9.59 Å². The minimum Gasteiger partial charge on any atom is -0.506 e. The van der Waals surface area contributed by atoms with Crippen LogP contribution in [0.4, 0.5) is 0 Å². The highest BCUT2D eigenvalue weighted by Gasteiger charge is 2.12. The first kappa shape index (κ1) is 10.4. The lowest BCUT2D eigenvalue weighted by Crippen LogP contribution is -2.00. The molecule has 0 aliphatic heterocycles. The highest BCUT2D eigenvalue weighted by molar-refractivity contribution is 6.00. The molecule has 1 aromatic rings. The van der Waals surface area contributed by atoms with Gasteiger partial charge in [0.05, 0.1) is 11.1 Å². The van der Waals surface area contributed by atoms with Crippen molar-refractivity contribution in [2.45, 2.75) is 19.8 Å². The molecule has 3 nitrogen and oxygen atoms in total. The van der Waals surface area contributed by atoms with Crippen molar-refractivity contribution in [2.24, 2.45) is 0 Å². The Morgan fingerprint density at radius 2 is 2.21 bits per heavy atom. The largest absolute Gasteiger partial charge is 0.506 e. The number of rotatable bonds is 4. The molecule has 0 aliphatic rings. The second kappa shape index (κ2) is 4.56. The summed E-state index contributed by atoms with van der Waals surface area (Å²) in [5.41, 5.74) is 0.392. The molecule has 0 bridgehead atoms. The van der Waals surface area contributed by atoms with Crippen molar-refractivity contribution in [3.05, 3.63) is 29.3 Å². The first-order chi connectivity index (χ1) is 6.70. The normalized spacial score (nSPS) is 9.79. The molecule has 0 saturated carbocycles. The summed E-state index contributed by atoms with van der Waals surface area (Å²) in [6.07, 6.45) is 1.65. The quantitative estimate of drug-likeness (QED) is 0.587. The van der Waals surface area contributed by atoms with Crippen molar-refractivity contribution >= 4 is 12.1 Å². The summed E-state index contributed by atoms with van der Waals surface area (Å²) >= 11 is 0. The Labute approximate surface area is 82.4 Å². The fourth-order valence-corrected chi connectivity index (χ4v) is 1.24. The van der Waals surface area contributed by atoms with Gasteiger partial charge < -0.3 is 5.11 Å². The Morgan fingerprint density at radius 3 is 2.79 bits per heavy atom. The van der Waals surface area contributed by atoms with Gasteiger partial charge in [-0.25, -0.2) is 0 Å². The zero-order chi connectivity index (χ0) is 10.6. The van der Waals surface area contributed by atoms with Crippen LogP contribution in [0.15, 0.2) is 18.2 Å². The number of carbonyl (C=O) groups is 2. The number of phenolic OH excluding ortho intramolecular Hbond substituents is 1. The number of aldehydes is 1. The number of ketones is 1. The zero-order valence-corrected chi connectivity index (χ0v) is 7.99. The molecule has 0 heterocycles. The standard InChI is InChI=1S/C11H12O3/c1-2-4-10(13)9-6-3-5-8(7-12)11(9)14/h3,5-7,14H,2,4H2,1H3. The van der Waals surface area contributed by atoms with Crippen molar-refractivity contribution < 1.29 is 14.7 Å². The van der Waals surface area contributed by atoms with Crippen LogP contribution in [0, 0.1) is 0 Å². The van der Waals surface area contributed by atoms with Crippen LogP contribution in [0.2, 0.25) is 0 Å². The summed E-state index contributed by atoms with van der Waals surface area (Å²) in [6, 6.07) is 4.59. The average Bonchev–Trinajstić information content (AvgIpc) is 2.18. The van der Waals surface area contributed by atoms with Gasteiger partial charge in [0.2, 0.25) is 0 Å². The summed E-state index contributed by atoms with van der Waals surface area (Å²) in [7, 11) is 0. The maximum absolute atomic E-state index is 11.5. The van der Waals surface area contributed by atoms with Gasteiger partial charge in [0.15, 0.2) is 12.1 Å². The van der Waals surface area contributed by atoms with Gasteiger partial charge in [-0.15, -0.1) is 0 Å². The van der Waals surface area contributed by atoms with Crippen LogP contribution in [0.5, 0.6) is 5.75 Å². The molecule has 14 heavy (non-hydrogen) atoms. The monoisotopic (exact) mass is 192 g/mol. The van der Waals surface area contributed by atoms with Gasteiger partial charge in [0.25, 0.3) is 0 Å². The summed E-state index contributed by atoms with van der Waals surface area (Å²) in [5.74, 6) is -0.338. The van der Waals surface area contributed by atoms with Crippen molar-refractivity contribution in [3.63, 3.8) is 0 Å². The maximum atomic E-state index is 11.5. The molecule has 0 unspecified atom stereocenters. The highest BCUT2D eigenvalue weighted by atomic mass is 16.3. The van der Waals surface area contributed by atoms with E-state index >= 15 is 0 Å². The summed E-state index contributed by atoms with van der Waals surface area (Å²) in [6.45, 7) is 1.89. The van der Waals surface area contributed by atoms with Crippen LogP contribution in [0.3, 0.4) is 0 Å². The van der Waals surface area contributed by atoms with Crippen LogP contribution >= 0.6 is 0 Å². The second-order valence-corrected chi connectivity index (χ2v) is 3.03. The molecule has 3 heteroatoms. The number of hydrogen-bond acceptors (Lipinski definition) is 3. The lowest BCUT2D eigenvalue weighted by atomic mass is 10.0. The van der Waals surface area contributed by atoms with E-state index in [1.54, 1.807) is 6.07 Å². The molecule has 0 saturated heterocycles.